The van der Waals surface area contributed by atoms with Crippen molar-refractivity contribution in [3.8, 4) is 0 Å². The molecule has 4 heteroatoms. The van der Waals surface area contributed by atoms with E-state index in [0.717, 1.165) is 17.3 Å². The first-order valence-corrected chi connectivity index (χ1v) is 6.88. The van der Waals surface area contributed by atoms with E-state index in [9.17, 15) is 4.79 Å². The molecule has 4 nitrogen and oxygen atoms in total. The number of para-hydroxylation sites is 1. The number of nitrogens with zero attached hydrogens (tertiary/aromatic N) is 1. The molecular formula is C16H18N2O2. The zero-order valence-electron chi connectivity index (χ0n) is 11.2. The zero-order chi connectivity index (χ0) is 13.9. The quantitative estimate of drug-likeness (QED) is 0.831. The fourth-order valence-corrected chi connectivity index (χ4v) is 2.70. The Kier molecular flexibility index (Phi) is 3.56. The number of rotatable bonds is 4. The van der Waals surface area contributed by atoms with Crippen molar-refractivity contribution in [3.63, 3.8) is 0 Å². The summed E-state index contributed by atoms with van der Waals surface area (Å²) in [7, 11) is 0. The summed E-state index contributed by atoms with van der Waals surface area (Å²) in [6.45, 7) is 0.465. The maximum absolute atomic E-state index is 12.1. The molecule has 0 radical (unpaired) electrons. The number of fused-ring (bicyclic) bond motifs is 1. The fraction of sp³-hybridized carbons (Fsp3) is 0.312. The fourth-order valence-electron chi connectivity index (χ4n) is 2.70. The lowest BCUT2D eigenvalue weighted by Crippen LogP contribution is -2.35. The van der Waals surface area contributed by atoms with Crippen molar-refractivity contribution in [2.45, 2.75) is 19.0 Å². The van der Waals surface area contributed by atoms with Crippen molar-refractivity contribution in [2.24, 2.45) is 5.92 Å². The number of hydrogen-bond donors (Lipinski definition) is 2. The summed E-state index contributed by atoms with van der Waals surface area (Å²) >= 11 is 0. The normalized spacial score (nSPS) is 21.4. The summed E-state index contributed by atoms with van der Waals surface area (Å²) in [5.41, 5.74) is 1.07. The second kappa shape index (κ2) is 5.51. The van der Waals surface area contributed by atoms with Gasteiger partial charge in [0.25, 0.3) is 0 Å². The van der Waals surface area contributed by atoms with Crippen LogP contribution in [0.15, 0.2) is 48.7 Å². The number of aromatic nitrogens is 1. The standard InChI is InChI=1S/C16H18N2O2/c19-11-12-5-6-14(9-12)17-16(20)10-18-8-7-13-3-1-2-4-15(13)18/h1-8,12,14,19H,9-11H2,(H,17,20)/t12-,14+/m0/s1. The molecule has 0 unspecified atom stereocenters. The molecule has 2 N–H and O–H groups in total. The van der Waals surface area contributed by atoms with Crippen LogP contribution in [0.1, 0.15) is 6.42 Å². The van der Waals surface area contributed by atoms with Gasteiger partial charge in [-0.25, -0.2) is 0 Å². The number of hydrogen-bond acceptors (Lipinski definition) is 2. The van der Waals surface area contributed by atoms with Crippen LogP contribution in [0.3, 0.4) is 0 Å². The number of nitrogens with one attached hydrogen (secondary N) is 1. The Morgan fingerprint density at radius 3 is 2.95 bits per heavy atom. The summed E-state index contributed by atoms with van der Waals surface area (Å²) < 4.78 is 1.95. The first kappa shape index (κ1) is 12.9. The van der Waals surface area contributed by atoms with Gasteiger partial charge in [-0.1, -0.05) is 30.4 Å². The van der Waals surface area contributed by atoms with E-state index in [4.69, 9.17) is 5.11 Å². The summed E-state index contributed by atoms with van der Waals surface area (Å²) in [6, 6.07) is 10.1. The van der Waals surface area contributed by atoms with Gasteiger partial charge < -0.3 is 15.0 Å². The second-order valence-corrected chi connectivity index (χ2v) is 5.24. The summed E-state index contributed by atoms with van der Waals surface area (Å²) in [6.07, 6.45) is 6.66. The zero-order valence-corrected chi connectivity index (χ0v) is 11.2. The molecule has 0 saturated carbocycles. The van der Waals surface area contributed by atoms with Crippen molar-refractivity contribution in [1.82, 2.24) is 9.88 Å². The Hall–Kier alpha value is -2.07. The van der Waals surface area contributed by atoms with Crippen LogP contribution in [0.4, 0.5) is 0 Å². The average molecular weight is 270 g/mol. The molecule has 1 aliphatic rings. The van der Waals surface area contributed by atoms with Gasteiger partial charge in [-0.05, 0) is 23.9 Å². The van der Waals surface area contributed by atoms with Crippen LogP contribution in [-0.2, 0) is 11.3 Å². The molecule has 2 atom stereocenters. The van der Waals surface area contributed by atoms with Crippen LogP contribution in [0, 0.1) is 5.92 Å². The highest BCUT2D eigenvalue weighted by Crippen LogP contribution is 2.17. The third kappa shape index (κ3) is 2.60. The number of amides is 1. The molecule has 0 fully saturated rings. The van der Waals surface area contributed by atoms with E-state index in [2.05, 4.69) is 5.32 Å². The minimum absolute atomic E-state index is 0.000377. The van der Waals surface area contributed by atoms with Crippen molar-refractivity contribution in [3.05, 3.63) is 48.7 Å². The molecule has 104 valence electrons. The monoisotopic (exact) mass is 270 g/mol. The molecule has 1 heterocycles. The molecule has 3 rings (SSSR count). The van der Waals surface area contributed by atoms with Gasteiger partial charge in [-0.3, -0.25) is 4.79 Å². The maximum atomic E-state index is 12.1. The van der Waals surface area contributed by atoms with E-state index in [-0.39, 0.29) is 24.5 Å². The number of benzene rings is 1. The largest absolute Gasteiger partial charge is 0.396 e. The second-order valence-electron chi connectivity index (χ2n) is 5.24. The van der Waals surface area contributed by atoms with Crippen molar-refractivity contribution in [1.29, 1.82) is 0 Å². The van der Waals surface area contributed by atoms with Crippen molar-refractivity contribution in [2.75, 3.05) is 6.61 Å². The van der Waals surface area contributed by atoms with Crippen LogP contribution < -0.4 is 5.32 Å². The highest BCUT2D eigenvalue weighted by Gasteiger charge is 2.19. The Labute approximate surface area is 117 Å². The highest BCUT2D eigenvalue weighted by atomic mass is 16.3. The van der Waals surface area contributed by atoms with Crippen LogP contribution in [0.25, 0.3) is 10.9 Å². The smallest absolute Gasteiger partial charge is 0.240 e. The Morgan fingerprint density at radius 1 is 1.30 bits per heavy atom. The van der Waals surface area contributed by atoms with Gasteiger partial charge in [0, 0.05) is 30.3 Å². The van der Waals surface area contributed by atoms with E-state index in [1.165, 1.54) is 0 Å². The molecule has 20 heavy (non-hydrogen) atoms. The Bertz CT molecular complexity index is 645. The summed E-state index contributed by atoms with van der Waals surface area (Å²) in [4.78, 5) is 12.1. The topological polar surface area (TPSA) is 54.3 Å². The highest BCUT2D eigenvalue weighted by molar-refractivity contribution is 5.83. The van der Waals surface area contributed by atoms with Crippen LogP contribution in [0.5, 0.6) is 0 Å². The third-order valence-corrected chi connectivity index (χ3v) is 3.75. The molecule has 0 bridgehead atoms. The first-order chi connectivity index (χ1) is 9.76. The molecule has 1 aromatic heterocycles. The number of aliphatic hydroxyl groups excluding tert-OH is 1. The molecule has 1 aromatic carbocycles. The molecule has 0 saturated heterocycles. The third-order valence-electron chi connectivity index (χ3n) is 3.75. The lowest BCUT2D eigenvalue weighted by atomic mass is 10.1. The average Bonchev–Trinajstić information content (AvgIpc) is 3.06. The SMILES string of the molecule is O=C(Cn1ccc2ccccc21)N[C@@H]1C=C[C@H](CO)C1. The first-order valence-electron chi connectivity index (χ1n) is 6.88. The van der Waals surface area contributed by atoms with Crippen molar-refractivity contribution >= 4 is 16.8 Å². The number of aliphatic hydroxyl groups is 1. The summed E-state index contributed by atoms with van der Waals surface area (Å²) in [5, 5.41) is 13.2. The van der Waals surface area contributed by atoms with Crippen molar-refractivity contribution < 1.29 is 9.90 Å². The predicted molar refractivity (Wildman–Crippen MR) is 78.2 cm³/mol. The molecule has 1 amide bonds. The van der Waals surface area contributed by atoms with E-state index in [1.54, 1.807) is 0 Å². The van der Waals surface area contributed by atoms with E-state index in [1.807, 2.05) is 53.2 Å². The predicted octanol–water partition coefficient (Wildman–Crippen LogP) is 1.69. The lowest BCUT2D eigenvalue weighted by Gasteiger charge is -2.13. The van der Waals surface area contributed by atoms with Gasteiger partial charge in [0.2, 0.25) is 5.91 Å². The van der Waals surface area contributed by atoms with E-state index in [0.29, 0.717) is 6.54 Å². The summed E-state index contributed by atoms with van der Waals surface area (Å²) in [5.74, 6) is 0.173. The Morgan fingerprint density at radius 2 is 2.15 bits per heavy atom. The van der Waals surface area contributed by atoms with Gasteiger partial charge in [-0.2, -0.15) is 0 Å². The van der Waals surface area contributed by atoms with E-state index < -0.39 is 0 Å². The molecule has 2 aromatic rings. The van der Waals surface area contributed by atoms with Gasteiger partial charge >= 0.3 is 0 Å². The number of carbonyl (C=O) groups is 1. The van der Waals surface area contributed by atoms with Gasteiger partial charge in [0.15, 0.2) is 0 Å². The van der Waals surface area contributed by atoms with Crippen LogP contribution in [0.2, 0.25) is 0 Å². The minimum Gasteiger partial charge on any atom is -0.396 e. The number of carbonyl (C=O) groups excluding carboxylic acids is 1. The van der Waals surface area contributed by atoms with E-state index >= 15 is 0 Å². The van der Waals surface area contributed by atoms with Gasteiger partial charge in [-0.15, -0.1) is 0 Å². The van der Waals surface area contributed by atoms with Gasteiger partial charge in [0.1, 0.15) is 6.54 Å². The van der Waals surface area contributed by atoms with Crippen LogP contribution in [-0.4, -0.2) is 28.2 Å². The van der Waals surface area contributed by atoms with Gasteiger partial charge in [0.05, 0.1) is 0 Å². The maximum Gasteiger partial charge on any atom is 0.240 e. The Balaban J connectivity index is 1.63. The molecule has 0 spiro atoms. The van der Waals surface area contributed by atoms with Crippen LogP contribution >= 0.6 is 0 Å². The lowest BCUT2D eigenvalue weighted by molar-refractivity contribution is -0.122. The molecular weight excluding hydrogens is 252 g/mol. The minimum atomic E-state index is -0.000377. The molecule has 0 aliphatic heterocycles. The molecule has 1 aliphatic carbocycles.